The van der Waals surface area contributed by atoms with E-state index in [9.17, 15) is 19.5 Å². The number of esters is 1. The van der Waals surface area contributed by atoms with Gasteiger partial charge in [-0.15, -0.1) is 18.3 Å². The summed E-state index contributed by atoms with van der Waals surface area (Å²) in [6.45, 7) is 14.2. The van der Waals surface area contributed by atoms with E-state index < -0.39 is 28.7 Å². The van der Waals surface area contributed by atoms with Crippen molar-refractivity contribution in [1.29, 1.82) is 0 Å². The minimum Gasteiger partial charge on any atom is -0.466 e. The molecule has 2 amide bonds. The van der Waals surface area contributed by atoms with E-state index in [4.69, 9.17) is 4.74 Å². The molecule has 3 aliphatic rings. The Hall–Kier alpha value is -1.06. The number of hydrogen-bond acceptors (Lipinski definition) is 6. The van der Waals surface area contributed by atoms with Gasteiger partial charge < -0.3 is 19.6 Å². The van der Waals surface area contributed by atoms with Crippen molar-refractivity contribution in [2.75, 3.05) is 19.8 Å². The van der Waals surface area contributed by atoms with E-state index in [2.05, 4.69) is 29.4 Å². The Morgan fingerprint density at radius 3 is 2.60 bits per heavy atom. The quantitative estimate of drug-likeness (QED) is 0.218. The predicted octanol–water partition coefficient (Wildman–Crippen LogP) is 3.62. The van der Waals surface area contributed by atoms with E-state index >= 15 is 0 Å². The number of likely N-dealkylation sites (tertiary alicyclic amines) is 1. The Bertz CT molecular complexity index is 828. The van der Waals surface area contributed by atoms with Crippen LogP contribution < -0.4 is 0 Å². The second-order valence-corrected chi connectivity index (χ2v) is 12.9. The summed E-state index contributed by atoms with van der Waals surface area (Å²) < 4.78 is 4.68. The van der Waals surface area contributed by atoms with Gasteiger partial charge in [0.2, 0.25) is 11.8 Å². The van der Waals surface area contributed by atoms with Gasteiger partial charge in [0, 0.05) is 22.7 Å². The molecule has 0 saturated carbocycles. The van der Waals surface area contributed by atoms with Gasteiger partial charge in [-0.1, -0.05) is 55.6 Å². The third kappa shape index (κ3) is 4.70. The van der Waals surface area contributed by atoms with Crippen LogP contribution in [0, 0.1) is 17.8 Å². The van der Waals surface area contributed by atoms with E-state index in [0.29, 0.717) is 13.0 Å². The first-order chi connectivity index (χ1) is 16.6. The molecule has 0 aromatic heterocycles. The zero-order chi connectivity index (χ0) is 26.1. The fraction of sp³-hybridized carbons (Fsp3) is 0.808. The summed E-state index contributed by atoms with van der Waals surface area (Å²) in [4.78, 5) is 45.2. The molecule has 0 radical (unpaired) electrons. The highest BCUT2D eigenvalue weighted by Crippen LogP contribution is 2.68. The molecule has 3 fully saturated rings. The predicted molar refractivity (Wildman–Crippen MR) is 142 cm³/mol. The van der Waals surface area contributed by atoms with Gasteiger partial charge in [-0.05, 0) is 32.6 Å². The van der Waals surface area contributed by atoms with Gasteiger partial charge in [-0.2, -0.15) is 0 Å². The molecule has 1 spiro atoms. The topological polar surface area (TPSA) is 87.2 Å². The molecule has 1 N–H and O–H groups in total. The number of fused-ring (bicyclic) bond motifs is 1. The molecule has 3 saturated heterocycles. The molecular formula is C26H41BrN2O5S. The normalized spacial score (nSPS) is 33.9. The van der Waals surface area contributed by atoms with Crippen molar-refractivity contribution in [3.63, 3.8) is 0 Å². The van der Waals surface area contributed by atoms with Gasteiger partial charge in [-0.25, -0.2) is 0 Å². The fourth-order valence-electron chi connectivity index (χ4n) is 6.38. The number of nitrogens with zero attached hydrogens (tertiary/aromatic N) is 2. The van der Waals surface area contributed by atoms with E-state index in [1.807, 2.05) is 25.7 Å². The molecule has 9 heteroatoms. The number of amides is 2. The molecule has 0 aromatic carbocycles. The number of alkyl halides is 1. The summed E-state index contributed by atoms with van der Waals surface area (Å²) >= 11 is 5.38. The second-order valence-electron chi connectivity index (χ2n) is 10.2. The number of carbonyl (C=O) groups excluding carboxylic acids is 3. The fourth-order valence-corrected chi connectivity index (χ4v) is 9.96. The van der Waals surface area contributed by atoms with Crippen LogP contribution in [-0.2, 0) is 19.1 Å². The summed E-state index contributed by atoms with van der Waals surface area (Å²) in [5.41, 5.74) is 0. The number of ether oxygens (including phenoxy) is 1. The Kier molecular flexibility index (Phi) is 9.41. The third-order valence-electron chi connectivity index (χ3n) is 8.21. The maximum Gasteiger partial charge on any atom is 0.310 e. The highest BCUT2D eigenvalue weighted by Gasteiger charge is 2.76. The summed E-state index contributed by atoms with van der Waals surface area (Å²) in [5, 5.41) is 10.3. The van der Waals surface area contributed by atoms with Gasteiger partial charge in [0.15, 0.2) is 0 Å². The SMILES string of the molecule is C=CCN(C(=O)C1N([C@@H](CO)[C@@H](C)CC)C(=O)[C@@H]2[C@@H](C(=O)OCC)[C@@H]3SC12CC3Br)C(C)CCC. The van der Waals surface area contributed by atoms with Crippen molar-refractivity contribution < 1.29 is 24.2 Å². The van der Waals surface area contributed by atoms with Crippen LogP contribution in [0.2, 0.25) is 0 Å². The second kappa shape index (κ2) is 11.5. The van der Waals surface area contributed by atoms with Crippen LogP contribution in [0.4, 0.5) is 0 Å². The van der Waals surface area contributed by atoms with Gasteiger partial charge in [-0.3, -0.25) is 14.4 Å². The molecule has 3 rings (SSSR count). The molecule has 3 heterocycles. The Morgan fingerprint density at radius 1 is 1.37 bits per heavy atom. The lowest BCUT2D eigenvalue weighted by atomic mass is 9.71. The minimum absolute atomic E-state index is 0.00148. The maximum atomic E-state index is 14.4. The highest BCUT2D eigenvalue weighted by molar-refractivity contribution is 9.09. The molecule has 7 nitrogen and oxygen atoms in total. The first kappa shape index (κ1) is 28.5. The lowest BCUT2D eigenvalue weighted by molar-refractivity contribution is -0.154. The van der Waals surface area contributed by atoms with Crippen molar-refractivity contribution in [3.8, 4) is 0 Å². The Balaban J connectivity index is 2.15. The molecule has 3 aliphatic heterocycles. The van der Waals surface area contributed by atoms with Crippen LogP contribution in [0.25, 0.3) is 0 Å². The lowest BCUT2D eigenvalue weighted by Crippen LogP contribution is -2.60. The first-order valence-electron chi connectivity index (χ1n) is 13.0. The maximum absolute atomic E-state index is 14.4. The van der Waals surface area contributed by atoms with Crippen molar-refractivity contribution in [2.45, 2.75) is 93.3 Å². The van der Waals surface area contributed by atoms with E-state index in [1.165, 1.54) is 0 Å². The number of carbonyl (C=O) groups is 3. The largest absolute Gasteiger partial charge is 0.466 e. The van der Waals surface area contributed by atoms with Gasteiger partial charge in [0.1, 0.15) is 6.04 Å². The molecule has 2 bridgehead atoms. The first-order valence-corrected chi connectivity index (χ1v) is 14.8. The van der Waals surface area contributed by atoms with E-state index in [0.717, 1.165) is 19.3 Å². The summed E-state index contributed by atoms with van der Waals surface area (Å²) in [7, 11) is 0. The summed E-state index contributed by atoms with van der Waals surface area (Å²) in [6, 6.07) is -1.26. The van der Waals surface area contributed by atoms with Crippen LogP contribution in [-0.4, -0.2) is 85.4 Å². The van der Waals surface area contributed by atoms with E-state index in [-0.39, 0.29) is 53.0 Å². The molecule has 198 valence electrons. The standard InChI is InChI=1S/C26H41BrN2O5S/c1-7-11-16(6)28(12-8-2)24(32)22-26-13-17(27)21(35-26)19(25(33)34-10-4)20(26)23(31)29(22)18(14-30)15(5)9-3/h8,15-22,30H,2,7,9-14H2,1,3-6H3/t15-,16?,17?,18-,19+,20-,21+,22?,26?/m0/s1. The number of halogens is 1. The van der Waals surface area contributed by atoms with Crippen molar-refractivity contribution in [2.24, 2.45) is 17.8 Å². The number of hydrogen-bond donors (Lipinski definition) is 1. The number of thioether (sulfide) groups is 1. The Labute approximate surface area is 222 Å². The van der Waals surface area contributed by atoms with Crippen molar-refractivity contribution in [3.05, 3.63) is 12.7 Å². The van der Waals surface area contributed by atoms with Crippen LogP contribution >= 0.6 is 27.7 Å². The van der Waals surface area contributed by atoms with Gasteiger partial charge in [0.25, 0.3) is 0 Å². The highest BCUT2D eigenvalue weighted by atomic mass is 79.9. The molecular weight excluding hydrogens is 532 g/mol. The Morgan fingerprint density at radius 2 is 2.06 bits per heavy atom. The van der Waals surface area contributed by atoms with Gasteiger partial charge in [0.05, 0.1) is 35.8 Å². The minimum atomic E-state index is -0.750. The number of rotatable bonds is 12. The number of aliphatic hydroxyl groups is 1. The van der Waals surface area contributed by atoms with Gasteiger partial charge >= 0.3 is 5.97 Å². The van der Waals surface area contributed by atoms with Crippen LogP contribution in [0.15, 0.2) is 12.7 Å². The third-order valence-corrected chi connectivity index (χ3v) is 11.4. The molecule has 0 aromatic rings. The summed E-state index contributed by atoms with van der Waals surface area (Å²) in [5.74, 6) is -1.92. The monoisotopic (exact) mass is 572 g/mol. The van der Waals surface area contributed by atoms with E-state index in [1.54, 1.807) is 29.7 Å². The zero-order valence-corrected chi connectivity index (χ0v) is 24.0. The van der Waals surface area contributed by atoms with Crippen molar-refractivity contribution in [1.82, 2.24) is 9.80 Å². The van der Waals surface area contributed by atoms with Crippen LogP contribution in [0.1, 0.15) is 60.3 Å². The molecule has 4 unspecified atom stereocenters. The summed E-state index contributed by atoms with van der Waals surface area (Å²) in [6.07, 6.45) is 4.87. The number of aliphatic hydroxyl groups excluding tert-OH is 1. The molecule has 0 aliphatic carbocycles. The van der Waals surface area contributed by atoms with Crippen LogP contribution in [0.5, 0.6) is 0 Å². The average Bonchev–Trinajstić information content (AvgIpc) is 3.41. The molecule has 9 atom stereocenters. The molecule has 35 heavy (non-hydrogen) atoms. The average molecular weight is 574 g/mol. The zero-order valence-electron chi connectivity index (χ0n) is 21.6. The lowest BCUT2D eigenvalue weighted by Gasteiger charge is -2.42. The van der Waals surface area contributed by atoms with Crippen LogP contribution in [0.3, 0.4) is 0 Å². The van der Waals surface area contributed by atoms with Crippen molar-refractivity contribution >= 4 is 45.5 Å². The smallest absolute Gasteiger partial charge is 0.310 e.